The molecule has 0 amide bonds. The summed E-state index contributed by atoms with van der Waals surface area (Å²) in [6.45, 7) is 3.98. The molecule has 2 aromatic carbocycles. The molecule has 0 saturated carbocycles. The second-order valence-electron chi connectivity index (χ2n) is 4.62. The number of methoxy groups -OCH3 is 1. The maximum absolute atomic E-state index is 13.9. The average molecular weight is 339 g/mol. The molecule has 0 aromatic heterocycles. The summed E-state index contributed by atoms with van der Waals surface area (Å²) in [6.07, 6.45) is 0. The summed E-state index contributed by atoms with van der Waals surface area (Å²) < 4.78 is 20.1. The lowest BCUT2D eigenvalue weighted by Gasteiger charge is -2.13. The third-order valence-corrected chi connectivity index (χ3v) is 4.29. The molecule has 0 atom stereocenters. The van der Waals surface area contributed by atoms with Gasteiger partial charge in [0.1, 0.15) is 11.6 Å². The molecular formula is C15H16BrFN2O. The molecule has 0 radical (unpaired) electrons. The van der Waals surface area contributed by atoms with Crippen LogP contribution in [0.1, 0.15) is 11.1 Å². The van der Waals surface area contributed by atoms with Crippen LogP contribution < -0.4 is 15.8 Å². The van der Waals surface area contributed by atoms with E-state index in [1.54, 1.807) is 6.07 Å². The molecule has 0 saturated heterocycles. The summed E-state index contributed by atoms with van der Waals surface area (Å²) >= 11 is 3.51. The van der Waals surface area contributed by atoms with Gasteiger partial charge in [-0.15, -0.1) is 0 Å². The summed E-state index contributed by atoms with van der Waals surface area (Å²) in [5, 5.41) is 3.05. The second kappa shape index (κ2) is 5.71. The average Bonchev–Trinajstić information content (AvgIpc) is 2.39. The van der Waals surface area contributed by atoms with E-state index >= 15 is 0 Å². The Labute approximate surface area is 126 Å². The zero-order valence-corrected chi connectivity index (χ0v) is 13.1. The highest BCUT2D eigenvalue weighted by Gasteiger charge is 2.10. The lowest BCUT2D eigenvalue weighted by molar-refractivity contribution is 0.416. The minimum atomic E-state index is -0.415. The third kappa shape index (κ3) is 2.88. The van der Waals surface area contributed by atoms with Crippen molar-refractivity contribution in [2.75, 3.05) is 18.2 Å². The number of rotatable bonds is 3. The maximum atomic E-state index is 13.9. The Morgan fingerprint density at radius 1 is 1.15 bits per heavy atom. The lowest BCUT2D eigenvalue weighted by Crippen LogP contribution is -1.99. The van der Waals surface area contributed by atoms with Gasteiger partial charge in [0, 0.05) is 22.3 Å². The van der Waals surface area contributed by atoms with E-state index in [2.05, 4.69) is 21.2 Å². The molecule has 2 rings (SSSR count). The molecule has 0 spiro atoms. The van der Waals surface area contributed by atoms with E-state index in [1.165, 1.54) is 13.2 Å². The van der Waals surface area contributed by atoms with Crippen LogP contribution in [0, 0.1) is 19.7 Å². The van der Waals surface area contributed by atoms with Gasteiger partial charge in [-0.05, 0) is 37.1 Å². The molecule has 0 heterocycles. The van der Waals surface area contributed by atoms with Crippen molar-refractivity contribution in [3.8, 4) is 5.75 Å². The van der Waals surface area contributed by atoms with Gasteiger partial charge < -0.3 is 15.8 Å². The number of ether oxygens (including phenoxy) is 1. The molecule has 0 unspecified atom stereocenters. The molecule has 3 N–H and O–H groups in total. The van der Waals surface area contributed by atoms with Gasteiger partial charge in [-0.3, -0.25) is 0 Å². The molecular weight excluding hydrogens is 323 g/mol. The van der Waals surface area contributed by atoms with Gasteiger partial charge in [0.25, 0.3) is 0 Å². The normalized spacial score (nSPS) is 10.4. The maximum Gasteiger partial charge on any atom is 0.148 e. The highest BCUT2D eigenvalue weighted by Crippen LogP contribution is 2.32. The van der Waals surface area contributed by atoms with E-state index < -0.39 is 5.82 Å². The van der Waals surface area contributed by atoms with Crippen molar-refractivity contribution in [3.63, 3.8) is 0 Å². The van der Waals surface area contributed by atoms with E-state index in [9.17, 15) is 4.39 Å². The van der Waals surface area contributed by atoms with Crippen LogP contribution in [-0.4, -0.2) is 7.11 Å². The van der Waals surface area contributed by atoms with Crippen LogP contribution >= 0.6 is 15.9 Å². The number of nitrogen functional groups attached to an aromatic ring is 1. The molecule has 0 fully saturated rings. The van der Waals surface area contributed by atoms with E-state index in [4.69, 9.17) is 10.5 Å². The van der Waals surface area contributed by atoms with Crippen molar-refractivity contribution in [1.82, 2.24) is 0 Å². The zero-order valence-electron chi connectivity index (χ0n) is 11.6. The van der Waals surface area contributed by atoms with Crippen LogP contribution in [0.25, 0.3) is 0 Å². The number of nitrogens with one attached hydrogen (secondary N) is 1. The first-order valence-corrected chi connectivity index (χ1v) is 6.88. The minimum Gasteiger partial charge on any atom is -0.495 e. The van der Waals surface area contributed by atoms with Gasteiger partial charge in [-0.2, -0.15) is 0 Å². The standard InChI is InChI=1S/C15H16BrFN2O/c1-8-4-10(5-9(2)15(8)16)19-13-7-14(20-3)12(18)6-11(13)17/h4-7,19H,18H2,1-3H3. The van der Waals surface area contributed by atoms with Crippen molar-refractivity contribution in [3.05, 3.63) is 45.7 Å². The quantitative estimate of drug-likeness (QED) is 0.807. The van der Waals surface area contributed by atoms with Gasteiger partial charge in [-0.25, -0.2) is 4.39 Å². The second-order valence-corrected chi connectivity index (χ2v) is 5.42. The largest absolute Gasteiger partial charge is 0.495 e. The predicted molar refractivity (Wildman–Crippen MR) is 84.3 cm³/mol. The fourth-order valence-electron chi connectivity index (χ4n) is 2.01. The Hall–Kier alpha value is -1.75. The summed E-state index contributed by atoms with van der Waals surface area (Å²) in [7, 11) is 1.50. The van der Waals surface area contributed by atoms with Crippen LogP contribution in [0.3, 0.4) is 0 Å². The number of anilines is 3. The van der Waals surface area contributed by atoms with Gasteiger partial charge in [0.2, 0.25) is 0 Å². The zero-order chi connectivity index (χ0) is 14.9. The number of nitrogens with two attached hydrogens (primary N) is 1. The fourth-order valence-corrected chi connectivity index (χ4v) is 2.24. The van der Waals surface area contributed by atoms with Crippen LogP contribution in [0.15, 0.2) is 28.7 Å². The van der Waals surface area contributed by atoms with Crippen LogP contribution in [0.2, 0.25) is 0 Å². The minimum absolute atomic E-state index is 0.277. The molecule has 106 valence electrons. The van der Waals surface area contributed by atoms with Gasteiger partial charge >= 0.3 is 0 Å². The van der Waals surface area contributed by atoms with Crippen molar-refractivity contribution < 1.29 is 9.13 Å². The number of hydrogen-bond acceptors (Lipinski definition) is 3. The molecule has 0 aliphatic rings. The van der Waals surface area contributed by atoms with E-state index in [0.717, 1.165) is 21.3 Å². The van der Waals surface area contributed by atoms with Crippen molar-refractivity contribution >= 4 is 33.0 Å². The highest BCUT2D eigenvalue weighted by atomic mass is 79.9. The first-order chi connectivity index (χ1) is 9.42. The molecule has 20 heavy (non-hydrogen) atoms. The van der Waals surface area contributed by atoms with E-state index in [1.807, 2.05) is 26.0 Å². The molecule has 3 nitrogen and oxygen atoms in total. The Kier molecular flexibility index (Phi) is 4.18. The molecule has 0 aliphatic carbocycles. The molecule has 2 aromatic rings. The molecule has 0 aliphatic heterocycles. The summed E-state index contributed by atoms with van der Waals surface area (Å²) in [5.74, 6) is 0.0287. The summed E-state index contributed by atoms with van der Waals surface area (Å²) in [4.78, 5) is 0. The van der Waals surface area contributed by atoms with Crippen molar-refractivity contribution in [1.29, 1.82) is 0 Å². The van der Waals surface area contributed by atoms with Gasteiger partial charge in [0.05, 0.1) is 18.5 Å². The first-order valence-electron chi connectivity index (χ1n) is 6.09. The Balaban J connectivity index is 2.39. The topological polar surface area (TPSA) is 47.3 Å². The van der Waals surface area contributed by atoms with Crippen LogP contribution in [0.5, 0.6) is 5.75 Å². The third-order valence-electron chi connectivity index (χ3n) is 3.03. The predicted octanol–water partition coefficient (Wildman–Crippen LogP) is 4.54. The van der Waals surface area contributed by atoms with Gasteiger partial charge in [-0.1, -0.05) is 15.9 Å². The Morgan fingerprint density at radius 2 is 1.75 bits per heavy atom. The van der Waals surface area contributed by atoms with Crippen LogP contribution in [-0.2, 0) is 0 Å². The smallest absolute Gasteiger partial charge is 0.148 e. The number of aryl methyl sites for hydroxylation is 2. The van der Waals surface area contributed by atoms with E-state index in [0.29, 0.717) is 11.4 Å². The van der Waals surface area contributed by atoms with Gasteiger partial charge in [0.15, 0.2) is 0 Å². The Morgan fingerprint density at radius 3 is 2.30 bits per heavy atom. The fraction of sp³-hybridized carbons (Fsp3) is 0.200. The van der Waals surface area contributed by atoms with Crippen molar-refractivity contribution in [2.45, 2.75) is 13.8 Å². The lowest BCUT2D eigenvalue weighted by atomic mass is 10.1. The highest BCUT2D eigenvalue weighted by molar-refractivity contribution is 9.10. The van der Waals surface area contributed by atoms with Crippen LogP contribution in [0.4, 0.5) is 21.5 Å². The first kappa shape index (κ1) is 14.7. The number of benzene rings is 2. The SMILES string of the molecule is COc1cc(Nc2cc(C)c(Br)c(C)c2)c(F)cc1N. The van der Waals surface area contributed by atoms with Crippen molar-refractivity contribution in [2.24, 2.45) is 0 Å². The Bertz CT molecular complexity index is 636. The van der Waals surface area contributed by atoms with E-state index in [-0.39, 0.29) is 5.69 Å². The summed E-state index contributed by atoms with van der Waals surface area (Å²) in [6, 6.07) is 6.69. The monoisotopic (exact) mass is 338 g/mol. The summed E-state index contributed by atoms with van der Waals surface area (Å²) in [5.41, 5.74) is 9.24. The molecule has 0 bridgehead atoms. The number of hydrogen-bond donors (Lipinski definition) is 2. The number of halogens is 2. The molecule has 5 heteroatoms.